The number of nitrogens with one attached hydrogen (secondary N) is 1. The Balaban J connectivity index is 2.44. The topological polar surface area (TPSA) is 12.0 Å². The number of benzene rings is 1. The molecule has 0 amide bonds. The fourth-order valence-corrected chi connectivity index (χ4v) is 3.55. The highest BCUT2D eigenvalue weighted by atomic mass is 79.9. The summed E-state index contributed by atoms with van der Waals surface area (Å²) >= 11 is 17.4. The quantitative estimate of drug-likeness (QED) is 0.753. The minimum absolute atomic E-state index is 0.0810. The maximum absolute atomic E-state index is 6.29. The van der Waals surface area contributed by atoms with E-state index in [1.807, 2.05) is 30.3 Å². The predicted octanol–water partition coefficient (Wildman–Crippen LogP) is 5.52. The van der Waals surface area contributed by atoms with E-state index in [0.29, 0.717) is 0 Å². The lowest BCUT2D eigenvalue weighted by Crippen LogP contribution is -2.21. The van der Waals surface area contributed by atoms with Crippen LogP contribution in [0.15, 0.2) is 34.8 Å². The van der Waals surface area contributed by atoms with Crippen molar-refractivity contribution in [1.82, 2.24) is 5.32 Å². The van der Waals surface area contributed by atoms with E-state index in [2.05, 4.69) is 28.2 Å². The molecule has 2 rings (SSSR count). The molecule has 1 N–H and O–H groups in total. The Morgan fingerprint density at radius 2 is 2.06 bits per heavy atom. The molecular formula is C13H12BrCl2NS. The fraction of sp³-hybridized carbons (Fsp3) is 0.231. The molecule has 0 saturated carbocycles. The van der Waals surface area contributed by atoms with E-state index >= 15 is 0 Å². The van der Waals surface area contributed by atoms with Gasteiger partial charge < -0.3 is 5.32 Å². The molecule has 1 aromatic heterocycles. The maximum Gasteiger partial charge on any atom is 0.0931 e. The van der Waals surface area contributed by atoms with Crippen LogP contribution < -0.4 is 5.32 Å². The molecule has 1 aromatic carbocycles. The Hall–Kier alpha value is -0.0600. The van der Waals surface area contributed by atoms with Crippen LogP contribution in [0.4, 0.5) is 0 Å². The number of rotatable bonds is 4. The Morgan fingerprint density at radius 1 is 1.28 bits per heavy atom. The molecule has 18 heavy (non-hydrogen) atoms. The molecule has 0 spiro atoms. The average Bonchev–Trinajstić information content (AvgIpc) is 2.76. The minimum atomic E-state index is 0.0810. The van der Waals surface area contributed by atoms with Gasteiger partial charge in [0.1, 0.15) is 0 Å². The van der Waals surface area contributed by atoms with Crippen LogP contribution in [0.3, 0.4) is 0 Å². The van der Waals surface area contributed by atoms with E-state index in [9.17, 15) is 0 Å². The second-order valence-corrected chi connectivity index (χ2v) is 6.87. The molecule has 0 aliphatic carbocycles. The van der Waals surface area contributed by atoms with Crippen LogP contribution in [-0.4, -0.2) is 6.54 Å². The van der Waals surface area contributed by atoms with Crippen LogP contribution >= 0.6 is 50.5 Å². The minimum Gasteiger partial charge on any atom is -0.306 e. The largest absolute Gasteiger partial charge is 0.306 e. The summed E-state index contributed by atoms with van der Waals surface area (Å²) in [6, 6.07) is 9.92. The Morgan fingerprint density at radius 3 is 2.67 bits per heavy atom. The van der Waals surface area contributed by atoms with Gasteiger partial charge in [-0.05, 0) is 42.4 Å². The predicted molar refractivity (Wildman–Crippen MR) is 84.0 cm³/mol. The first kappa shape index (κ1) is 14.4. The first-order valence-corrected chi connectivity index (χ1v) is 7.92. The third kappa shape index (κ3) is 3.28. The van der Waals surface area contributed by atoms with E-state index in [1.165, 1.54) is 4.88 Å². The van der Waals surface area contributed by atoms with Crippen molar-refractivity contribution < 1.29 is 0 Å². The molecule has 5 heteroatoms. The lowest BCUT2D eigenvalue weighted by molar-refractivity contribution is 0.639. The molecule has 0 radical (unpaired) electrons. The van der Waals surface area contributed by atoms with Crippen molar-refractivity contribution in [2.24, 2.45) is 0 Å². The zero-order chi connectivity index (χ0) is 13.1. The summed E-state index contributed by atoms with van der Waals surface area (Å²) < 4.78 is 1.81. The fourth-order valence-electron chi connectivity index (χ4n) is 1.79. The number of hydrogen-bond donors (Lipinski definition) is 1. The van der Waals surface area contributed by atoms with Gasteiger partial charge in [0.2, 0.25) is 0 Å². The van der Waals surface area contributed by atoms with Crippen molar-refractivity contribution in [3.8, 4) is 0 Å². The van der Waals surface area contributed by atoms with Gasteiger partial charge in [0, 0.05) is 14.4 Å². The number of hydrogen-bond acceptors (Lipinski definition) is 2. The zero-order valence-electron chi connectivity index (χ0n) is 9.71. The number of thiophene rings is 1. The molecule has 0 aliphatic rings. The van der Waals surface area contributed by atoms with E-state index in [0.717, 1.165) is 25.9 Å². The Bertz CT molecular complexity index is 542. The molecule has 0 bridgehead atoms. The van der Waals surface area contributed by atoms with Gasteiger partial charge in [-0.25, -0.2) is 0 Å². The Kier molecular flexibility index (Phi) is 5.10. The second kappa shape index (κ2) is 6.40. The van der Waals surface area contributed by atoms with Gasteiger partial charge in [-0.3, -0.25) is 0 Å². The molecule has 0 saturated heterocycles. The SMILES string of the molecule is CCNC(c1ccc(Cl)s1)c1cc(Br)ccc1Cl. The highest BCUT2D eigenvalue weighted by molar-refractivity contribution is 9.10. The van der Waals surface area contributed by atoms with Gasteiger partial charge in [0.15, 0.2) is 0 Å². The van der Waals surface area contributed by atoms with Crippen molar-refractivity contribution >= 4 is 50.5 Å². The molecule has 0 aliphatic heterocycles. The first-order chi connectivity index (χ1) is 8.61. The first-order valence-electron chi connectivity index (χ1n) is 5.55. The molecule has 1 heterocycles. The summed E-state index contributed by atoms with van der Waals surface area (Å²) in [5.41, 5.74) is 1.06. The standard InChI is InChI=1S/C13H12BrCl2NS/c1-2-17-13(11-5-6-12(16)18-11)9-7-8(14)3-4-10(9)15/h3-7,13,17H,2H2,1H3. The van der Waals surface area contributed by atoms with Crippen LogP contribution in [-0.2, 0) is 0 Å². The summed E-state index contributed by atoms with van der Waals surface area (Å²) in [6.45, 7) is 2.94. The van der Waals surface area contributed by atoms with Crippen LogP contribution in [0.1, 0.15) is 23.4 Å². The summed E-state index contributed by atoms with van der Waals surface area (Å²) in [5.74, 6) is 0. The maximum atomic E-state index is 6.29. The lowest BCUT2D eigenvalue weighted by atomic mass is 10.1. The molecule has 1 atom stereocenters. The van der Waals surface area contributed by atoms with Crippen molar-refractivity contribution in [3.63, 3.8) is 0 Å². The summed E-state index contributed by atoms with van der Waals surface area (Å²) in [7, 11) is 0. The average molecular weight is 365 g/mol. The van der Waals surface area contributed by atoms with Crippen LogP contribution in [0, 0.1) is 0 Å². The Labute approximate surface area is 129 Å². The van der Waals surface area contributed by atoms with Crippen molar-refractivity contribution in [2.45, 2.75) is 13.0 Å². The van der Waals surface area contributed by atoms with Crippen molar-refractivity contribution in [3.05, 3.63) is 54.6 Å². The van der Waals surface area contributed by atoms with E-state index < -0.39 is 0 Å². The van der Waals surface area contributed by atoms with Crippen LogP contribution in [0.25, 0.3) is 0 Å². The smallest absolute Gasteiger partial charge is 0.0931 e. The second-order valence-electron chi connectivity index (χ2n) is 3.80. The summed E-state index contributed by atoms with van der Waals surface area (Å²) in [4.78, 5) is 1.17. The zero-order valence-corrected chi connectivity index (χ0v) is 13.6. The van der Waals surface area contributed by atoms with Crippen molar-refractivity contribution in [1.29, 1.82) is 0 Å². The summed E-state index contributed by atoms with van der Waals surface area (Å²) in [6.07, 6.45) is 0. The van der Waals surface area contributed by atoms with Gasteiger partial charge in [-0.1, -0.05) is 46.1 Å². The van der Waals surface area contributed by atoms with Crippen LogP contribution in [0.5, 0.6) is 0 Å². The van der Waals surface area contributed by atoms with Gasteiger partial charge in [-0.15, -0.1) is 11.3 Å². The third-order valence-corrected chi connectivity index (χ3v) is 4.69. The molecule has 96 valence electrons. The summed E-state index contributed by atoms with van der Waals surface area (Å²) in [5, 5.41) is 4.20. The van der Waals surface area contributed by atoms with Gasteiger partial charge in [0.25, 0.3) is 0 Å². The van der Waals surface area contributed by atoms with Crippen molar-refractivity contribution in [2.75, 3.05) is 6.54 Å². The van der Waals surface area contributed by atoms with E-state index in [-0.39, 0.29) is 6.04 Å². The highest BCUT2D eigenvalue weighted by Gasteiger charge is 2.18. The lowest BCUT2D eigenvalue weighted by Gasteiger charge is -2.18. The van der Waals surface area contributed by atoms with Gasteiger partial charge in [-0.2, -0.15) is 0 Å². The molecule has 1 unspecified atom stereocenters. The normalized spacial score (nSPS) is 12.7. The van der Waals surface area contributed by atoms with Crippen LogP contribution in [0.2, 0.25) is 9.36 Å². The van der Waals surface area contributed by atoms with Gasteiger partial charge in [0.05, 0.1) is 10.4 Å². The van der Waals surface area contributed by atoms with E-state index in [4.69, 9.17) is 23.2 Å². The number of halogens is 3. The molecule has 2 aromatic rings. The molecule has 0 fully saturated rings. The van der Waals surface area contributed by atoms with Gasteiger partial charge >= 0.3 is 0 Å². The third-order valence-electron chi connectivity index (χ3n) is 2.56. The molecular weight excluding hydrogens is 353 g/mol. The van der Waals surface area contributed by atoms with E-state index in [1.54, 1.807) is 11.3 Å². The highest BCUT2D eigenvalue weighted by Crippen LogP contribution is 2.35. The monoisotopic (exact) mass is 363 g/mol. The molecule has 1 nitrogen and oxygen atoms in total.